The Morgan fingerprint density at radius 3 is 2.48 bits per heavy atom. The number of amides is 1. The summed E-state index contributed by atoms with van der Waals surface area (Å²) >= 11 is 0. The molecule has 7 heteroatoms. The number of aryl methyl sites for hydroxylation is 1. The van der Waals surface area contributed by atoms with Crippen LogP contribution in [0, 0.1) is 17.6 Å². The fourth-order valence-electron chi connectivity index (χ4n) is 4.50. The van der Waals surface area contributed by atoms with Crippen LogP contribution in [0.25, 0.3) is 22.2 Å². The van der Waals surface area contributed by atoms with Gasteiger partial charge in [-0.2, -0.15) is 5.10 Å². The van der Waals surface area contributed by atoms with Crippen molar-refractivity contribution in [2.75, 3.05) is 0 Å². The molecule has 1 amide bonds. The summed E-state index contributed by atoms with van der Waals surface area (Å²) in [6, 6.07) is 8.57. The second-order valence-corrected chi connectivity index (χ2v) is 9.00. The maximum absolute atomic E-state index is 14.9. The third-order valence-corrected chi connectivity index (χ3v) is 6.36. The van der Waals surface area contributed by atoms with Crippen molar-refractivity contribution in [3.05, 3.63) is 53.6 Å². The summed E-state index contributed by atoms with van der Waals surface area (Å²) in [4.78, 5) is 12.7. The van der Waals surface area contributed by atoms with Crippen LogP contribution < -0.4 is 5.32 Å². The Hall–Kier alpha value is -2.80. The average Bonchev–Trinajstić information content (AvgIpc) is 3.03. The Kier molecular flexibility index (Phi) is 5.56. The molecule has 1 aromatic heterocycles. The van der Waals surface area contributed by atoms with E-state index in [4.69, 9.17) is 0 Å². The molecule has 0 unspecified atom stereocenters. The molecular weight excluding hydrogens is 400 g/mol. The van der Waals surface area contributed by atoms with Crippen molar-refractivity contribution in [2.24, 2.45) is 13.0 Å². The van der Waals surface area contributed by atoms with Gasteiger partial charge in [-0.1, -0.05) is 0 Å². The molecule has 1 aliphatic carbocycles. The van der Waals surface area contributed by atoms with Crippen LogP contribution in [0.1, 0.15) is 49.9 Å². The van der Waals surface area contributed by atoms with Crippen LogP contribution in [0.5, 0.6) is 0 Å². The fraction of sp³-hybridized carbons (Fsp3) is 0.417. The minimum Gasteiger partial charge on any atom is -0.390 e. The predicted molar refractivity (Wildman–Crippen MR) is 116 cm³/mol. The topological polar surface area (TPSA) is 67.2 Å². The molecule has 3 aromatic rings. The molecule has 0 spiro atoms. The van der Waals surface area contributed by atoms with E-state index in [0.717, 1.165) is 25.7 Å². The van der Waals surface area contributed by atoms with Gasteiger partial charge in [-0.05, 0) is 81.8 Å². The predicted octanol–water partition coefficient (Wildman–Crippen LogP) is 4.58. The van der Waals surface area contributed by atoms with Crippen LogP contribution in [0.3, 0.4) is 0 Å². The quantitative estimate of drug-likeness (QED) is 0.641. The van der Waals surface area contributed by atoms with Crippen LogP contribution >= 0.6 is 0 Å². The van der Waals surface area contributed by atoms with Crippen LogP contribution in [0.4, 0.5) is 8.78 Å². The summed E-state index contributed by atoms with van der Waals surface area (Å²) in [5.74, 6) is -1.11. The first kappa shape index (κ1) is 21.4. The summed E-state index contributed by atoms with van der Waals surface area (Å²) in [5, 5.41) is 18.0. The summed E-state index contributed by atoms with van der Waals surface area (Å²) < 4.78 is 30.2. The Morgan fingerprint density at radius 2 is 1.84 bits per heavy atom. The van der Waals surface area contributed by atoms with E-state index in [9.17, 15) is 18.7 Å². The average molecular weight is 427 g/mol. The Morgan fingerprint density at radius 1 is 1.13 bits per heavy atom. The van der Waals surface area contributed by atoms with Crippen LogP contribution in [-0.4, -0.2) is 32.4 Å². The number of carbonyl (C=O) groups excluding carboxylic acids is 1. The summed E-state index contributed by atoms with van der Waals surface area (Å²) in [7, 11) is 1.72. The van der Waals surface area contributed by atoms with E-state index in [1.54, 1.807) is 23.9 Å². The Labute approximate surface area is 180 Å². The SMILES string of the molecule is Cn1nc(-c2ccc(C(=O)NC3CCC(C(C)(C)O)CC3)cc2F)c2cc(F)ccc21. The first-order valence-electron chi connectivity index (χ1n) is 10.6. The monoisotopic (exact) mass is 427 g/mol. The maximum Gasteiger partial charge on any atom is 0.251 e. The number of rotatable bonds is 4. The van der Waals surface area contributed by atoms with Gasteiger partial charge in [-0.25, -0.2) is 8.78 Å². The van der Waals surface area contributed by atoms with Gasteiger partial charge in [0.25, 0.3) is 5.91 Å². The van der Waals surface area contributed by atoms with Crippen molar-refractivity contribution in [1.82, 2.24) is 15.1 Å². The van der Waals surface area contributed by atoms with Gasteiger partial charge in [0.05, 0.1) is 11.1 Å². The number of fused-ring (bicyclic) bond motifs is 1. The molecule has 1 heterocycles. The highest BCUT2D eigenvalue weighted by atomic mass is 19.1. The second-order valence-electron chi connectivity index (χ2n) is 9.00. The molecule has 1 aliphatic rings. The number of carbonyl (C=O) groups is 1. The van der Waals surface area contributed by atoms with Crippen molar-refractivity contribution in [3.8, 4) is 11.3 Å². The maximum atomic E-state index is 14.9. The van der Waals surface area contributed by atoms with Crippen molar-refractivity contribution >= 4 is 16.8 Å². The van der Waals surface area contributed by atoms with Gasteiger partial charge in [-0.3, -0.25) is 9.48 Å². The molecule has 0 radical (unpaired) electrons. The number of nitrogens with one attached hydrogen (secondary N) is 1. The highest BCUT2D eigenvalue weighted by molar-refractivity contribution is 5.97. The molecule has 1 fully saturated rings. The number of hydrogen-bond donors (Lipinski definition) is 2. The lowest BCUT2D eigenvalue weighted by atomic mass is 9.77. The highest BCUT2D eigenvalue weighted by Crippen LogP contribution is 2.33. The molecule has 1 saturated carbocycles. The van der Waals surface area contributed by atoms with Gasteiger partial charge in [0, 0.05) is 29.6 Å². The molecule has 2 N–H and O–H groups in total. The fourth-order valence-corrected chi connectivity index (χ4v) is 4.50. The summed E-state index contributed by atoms with van der Waals surface area (Å²) in [6.45, 7) is 3.64. The minimum atomic E-state index is -0.716. The first-order chi connectivity index (χ1) is 14.6. The lowest BCUT2D eigenvalue weighted by Gasteiger charge is -2.36. The lowest BCUT2D eigenvalue weighted by molar-refractivity contribution is -0.00257. The van der Waals surface area contributed by atoms with E-state index in [-0.39, 0.29) is 29.0 Å². The van der Waals surface area contributed by atoms with Gasteiger partial charge in [0.15, 0.2) is 0 Å². The van der Waals surface area contributed by atoms with Crippen LogP contribution in [0.2, 0.25) is 0 Å². The third kappa shape index (κ3) is 4.32. The molecule has 31 heavy (non-hydrogen) atoms. The standard InChI is InChI=1S/C24H27F2N3O2/c1-24(2,31)15-5-8-17(9-6-15)27-23(30)14-4-10-18(20(26)12-14)22-19-13-16(25)7-11-21(19)29(3)28-22/h4,7,10-13,15,17,31H,5-6,8-9H2,1-3H3,(H,27,30). The van der Waals surface area contributed by atoms with Crippen LogP contribution in [0.15, 0.2) is 36.4 Å². The zero-order valence-corrected chi connectivity index (χ0v) is 18.0. The highest BCUT2D eigenvalue weighted by Gasteiger charge is 2.32. The molecule has 0 aliphatic heterocycles. The molecule has 2 aromatic carbocycles. The Balaban J connectivity index is 1.51. The van der Waals surface area contributed by atoms with Crippen molar-refractivity contribution < 1.29 is 18.7 Å². The Bertz CT molecular complexity index is 1130. The van der Waals surface area contributed by atoms with Gasteiger partial charge < -0.3 is 10.4 Å². The second kappa shape index (κ2) is 8.04. The van der Waals surface area contributed by atoms with Gasteiger partial charge >= 0.3 is 0 Å². The number of hydrogen-bond acceptors (Lipinski definition) is 3. The van der Waals surface area contributed by atoms with E-state index in [0.29, 0.717) is 16.6 Å². The van der Waals surface area contributed by atoms with E-state index >= 15 is 0 Å². The van der Waals surface area contributed by atoms with E-state index in [1.165, 1.54) is 24.3 Å². The first-order valence-corrected chi connectivity index (χ1v) is 10.6. The largest absolute Gasteiger partial charge is 0.390 e. The van der Waals surface area contributed by atoms with E-state index in [2.05, 4.69) is 10.4 Å². The molecule has 0 saturated heterocycles. The normalized spacial score (nSPS) is 19.5. The van der Waals surface area contributed by atoms with Gasteiger partial charge in [0.1, 0.15) is 17.3 Å². The van der Waals surface area contributed by atoms with Crippen molar-refractivity contribution in [2.45, 2.75) is 51.2 Å². The van der Waals surface area contributed by atoms with Crippen molar-refractivity contribution in [1.29, 1.82) is 0 Å². The van der Waals surface area contributed by atoms with Crippen molar-refractivity contribution in [3.63, 3.8) is 0 Å². The zero-order valence-electron chi connectivity index (χ0n) is 18.0. The van der Waals surface area contributed by atoms with Crippen LogP contribution in [-0.2, 0) is 7.05 Å². The molecular formula is C24H27F2N3O2. The minimum absolute atomic E-state index is 0.0107. The van der Waals surface area contributed by atoms with E-state index < -0.39 is 17.2 Å². The molecule has 5 nitrogen and oxygen atoms in total. The molecule has 164 valence electrons. The number of benzene rings is 2. The number of nitrogens with zero attached hydrogens (tertiary/aromatic N) is 2. The lowest BCUT2D eigenvalue weighted by Crippen LogP contribution is -2.41. The summed E-state index contributed by atoms with van der Waals surface area (Å²) in [6.07, 6.45) is 3.25. The smallest absolute Gasteiger partial charge is 0.251 e. The molecule has 0 atom stereocenters. The van der Waals surface area contributed by atoms with E-state index in [1.807, 2.05) is 13.8 Å². The third-order valence-electron chi connectivity index (χ3n) is 6.36. The zero-order chi connectivity index (χ0) is 22.3. The molecule has 4 rings (SSSR count). The van der Waals surface area contributed by atoms with Gasteiger partial charge in [0.2, 0.25) is 0 Å². The number of aromatic nitrogens is 2. The van der Waals surface area contributed by atoms with Gasteiger partial charge in [-0.15, -0.1) is 0 Å². The summed E-state index contributed by atoms with van der Waals surface area (Å²) in [5.41, 5.74) is 0.772. The number of halogens is 2. The number of aliphatic hydroxyl groups is 1. The molecule has 0 bridgehead atoms.